The largest absolute Gasteiger partial charge is 0.492 e. The molecule has 6 heteroatoms. The zero-order valence-corrected chi connectivity index (χ0v) is 17.1. The van der Waals surface area contributed by atoms with E-state index in [0.717, 1.165) is 11.3 Å². The van der Waals surface area contributed by atoms with Crippen LogP contribution >= 0.6 is 0 Å². The first-order valence-corrected chi connectivity index (χ1v) is 9.80. The zero-order valence-electron chi connectivity index (χ0n) is 17.1. The lowest BCUT2D eigenvalue weighted by molar-refractivity contribution is -0.121. The van der Waals surface area contributed by atoms with Crippen molar-refractivity contribution in [2.75, 3.05) is 13.2 Å². The smallest absolute Gasteiger partial charge is 0.247 e. The molecule has 0 spiro atoms. The van der Waals surface area contributed by atoms with Crippen LogP contribution in [-0.2, 0) is 16.6 Å². The first-order chi connectivity index (χ1) is 13.9. The van der Waals surface area contributed by atoms with Gasteiger partial charge >= 0.3 is 0 Å². The molecule has 0 saturated carbocycles. The van der Waals surface area contributed by atoms with Gasteiger partial charge < -0.3 is 14.5 Å². The lowest BCUT2D eigenvalue weighted by Crippen LogP contribution is -2.28. The number of hydrogen-bond donors (Lipinski definition) is 1. The Labute approximate surface area is 171 Å². The van der Waals surface area contributed by atoms with Crippen LogP contribution in [0.1, 0.15) is 38.6 Å². The fourth-order valence-electron chi connectivity index (χ4n) is 2.77. The quantitative estimate of drug-likeness (QED) is 0.582. The summed E-state index contributed by atoms with van der Waals surface area (Å²) in [7, 11) is 0. The summed E-state index contributed by atoms with van der Waals surface area (Å²) in [6.07, 6.45) is 0.692. The third-order valence-corrected chi connectivity index (χ3v) is 4.47. The normalized spacial score (nSPS) is 11.3. The number of rotatable bonds is 8. The standard InChI is InChI=1S/C23H27N3O3/c1-23(2,3)18-9-11-19(12-10-18)28-16-15-24-20(27)13-14-21-25-26-22(29-21)17-7-5-4-6-8-17/h4-12H,13-16H2,1-3H3,(H,24,27). The fourth-order valence-corrected chi connectivity index (χ4v) is 2.77. The predicted molar refractivity (Wildman–Crippen MR) is 112 cm³/mol. The van der Waals surface area contributed by atoms with Gasteiger partial charge in [-0.2, -0.15) is 0 Å². The molecule has 152 valence electrons. The number of benzene rings is 2. The summed E-state index contributed by atoms with van der Waals surface area (Å²) in [6.45, 7) is 7.39. The molecule has 0 bridgehead atoms. The van der Waals surface area contributed by atoms with Crippen molar-refractivity contribution in [2.24, 2.45) is 0 Å². The van der Waals surface area contributed by atoms with Gasteiger partial charge in [0.25, 0.3) is 0 Å². The number of amides is 1. The van der Waals surface area contributed by atoms with Crippen molar-refractivity contribution in [1.29, 1.82) is 0 Å². The van der Waals surface area contributed by atoms with E-state index in [-0.39, 0.29) is 17.7 Å². The van der Waals surface area contributed by atoms with Crippen molar-refractivity contribution in [3.63, 3.8) is 0 Å². The Balaban J connectivity index is 1.36. The summed E-state index contributed by atoms with van der Waals surface area (Å²) in [5.74, 6) is 1.64. The van der Waals surface area contributed by atoms with E-state index in [1.165, 1.54) is 5.56 Å². The number of aryl methyl sites for hydroxylation is 1. The van der Waals surface area contributed by atoms with Gasteiger partial charge in [0.1, 0.15) is 12.4 Å². The predicted octanol–water partition coefficient (Wildman–Crippen LogP) is 4.16. The molecule has 0 unspecified atom stereocenters. The topological polar surface area (TPSA) is 77.2 Å². The fraction of sp³-hybridized carbons (Fsp3) is 0.348. The second kappa shape index (κ2) is 9.37. The van der Waals surface area contributed by atoms with Crippen molar-refractivity contribution in [3.8, 4) is 17.2 Å². The van der Waals surface area contributed by atoms with E-state index in [9.17, 15) is 4.79 Å². The number of carbonyl (C=O) groups excluding carboxylic acids is 1. The van der Waals surface area contributed by atoms with E-state index in [1.54, 1.807) is 0 Å². The molecule has 0 aliphatic rings. The van der Waals surface area contributed by atoms with Gasteiger partial charge in [-0.15, -0.1) is 10.2 Å². The van der Waals surface area contributed by atoms with Crippen LogP contribution in [0, 0.1) is 0 Å². The molecule has 0 aliphatic heterocycles. The molecule has 3 rings (SSSR count). The maximum Gasteiger partial charge on any atom is 0.247 e. The molecule has 0 saturated heterocycles. The maximum absolute atomic E-state index is 12.0. The summed E-state index contributed by atoms with van der Waals surface area (Å²) < 4.78 is 11.3. The van der Waals surface area contributed by atoms with Crippen molar-refractivity contribution < 1.29 is 13.9 Å². The second-order valence-electron chi connectivity index (χ2n) is 7.84. The van der Waals surface area contributed by atoms with Crippen molar-refractivity contribution >= 4 is 5.91 Å². The van der Waals surface area contributed by atoms with Crippen LogP contribution in [0.5, 0.6) is 5.75 Å². The lowest BCUT2D eigenvalue weighted by atomic mass is 9.87. The van der Waals surface area contributed by atoms with Crippen LogP contribution < -0.4 is 10.1 Å². The molecule has 0 radical (unpaired) electrons. The van der Waals surface area contributed by atoms with Gasteiger partial charge in [0.2, 0.25) is 17.7 Å². The lowest BCUT2D eigenvalue weighted by Gasteiger charge is -2.19. The molecule has 1 heterocycles. The van der Waals surface area contributed by atoms with Crippen molar-refractivity contribution in [3.05, 3.63) is 66.1 Å². The molecule has 1 amide bonds. The second-order valence-corrected chi connectivity index (χ2v) is 7.84. The summed E-state index contributed by atoms with van der Waals surface area (Å²) >= 11 is 0. The van der Waals surface area contributed by atoms with Crippen LogP contribution in [0.2, 0.25) is 0 Å². The molecule has 1 aromatic heterocycles. The molecule has 0 atom stereocenters. The first-order valence-electron chi connectivity index (χ1n) is 9.80. The molecule has 0 fully saturated rings. The highest BCUT2D eigenvalue weighted by atomic mass is 16.5. The van der Waals surface area contributed by atoms with E-state index < -0.39 is 0 Å². The van der Waals surface area contributed by atoms with E-state index in [1.807, 2.05) is 42.5 Å². The minimum atomic E-state index is -0.0730. The molecule has 29 heavy (non-hydrogen) atoms. The monoisotopic (exact) mass is 393 g/mol. The summed E-state index contributed by atoms with van der Waals surface area (Å²) in [4.78, 5) is 12.0. The van der Waals surface area contributed by atoms with Crippen LogP contribution in [0.4, 0.5) is 0 Å². The number of ether oxygens (including phenoxy) is 1. The molecular formula is C23H27N3O3. The highest BCUT2D eigenvalue weighted by Gasteiger charge is 2.13. The van der Waals surface area contributed by atoms with Crippen LogP contribution in [0.15, 0.2) is 59.0 Å². The molecule has 1 N–H and O–H groups in total. The van der Waals surface area contributed by atoms with Gasteiger partial charge in [0.15, 0.2) is 0 Å². The van der Waals surface area contributed by atoms with Crippen molar-refractivity contribution in [2.45, 2.75) is 39.0 Å². The Hall–Kier alpha value is -3.15. The van der Waals surface area contributed by atoms with Crippen molar-refractivity contribution in [1.82, 2.24) is 15.5 Å². The molecule has 6 nitrogen and oxygen atoms in total. The Morgan fingerprint density at radius 2 is 1.76 bits per heavy atom. The highest BCUT2D eigenvalue weighted by Crippen LogP contribution is 2.24. The molecule has 3 aromatic rings. The summed E-state index contributed by atoms with van der Waals surface area (Å²) in [5, 5.41) is 10.9. The van der Waals surface area contributed by atoms with E-state index in [4.69, 9.17) is 9.15 Å². The van der Waals surface area contributed by atoms with Gasteiger partial charge in [-0.25, -0.2) is 0 Å². The number of nitrogens with one attached hydrogen (secondary N) is 1. The molecule has 0 aliphatic carbocycles. The molecular weight excluding hydrogens is 366 g/mol. The average molecular weight is 393 g/mol. The minimum Gasteiger partial charge on any atom is -0.492 e. The third kappa shape index (κ3) is 6.17. The Kier molecular flexibility index (Phi) is 6.65. The van der Waals surface area contributed by atoms with Gasteiger partial charge in [-0.05, 0) is 35.2 Å². The number of nitrogens with zero attached hydrogens (tertiary/aromatic N) is 2. The highest BCUT2D eigenvalue weighted by molar-refractivity contribution is 5.76. The Morgan fingerprint density at radius 1 is 1.03 bits per heavy atom. The van der Waals surface area contributed by atoms with Gasteiger partial charge in [0.05, 0.1) is 6.54 Å². The van der Waals surface area contributed by atoms with Crippen LogP contribution in [-0.4, -0.2) is 29.3 Å². The SMILES string of the molecule is CC(C)(C)c1ccc(OCCNC(=O)CCc2nnc(-c3ccccc3)o2)cc1. The number of aromatic nitrogens is 2. The van der Waals surface area contributed by atoms with Crippen LogP contribution in [0.3, 0.4) is 0 Å². The van der Waals surface area contributed by atoms with Gasteiger partial charge in [0, 0.05) is 18.4 Å². The van der Waals surface area contributed by atoms with Crippen LogP contribution in [0.25, 0.3) is 11.5 Å². The Morgan fingerprint density at radius 3 is 2.45 bits per heavy atom. The minimum absolute atomic E-state index is 0.0730. The van der Waals surface area contributed by atoms with Gasteiger partial charge in [-0.3, -0.25) is 4.79 Å². The average Bonchev–Trinajstić information content (AvgIpc) is 3.19. The number of hydrogen-bond acceptors (Lipinski definition) is 5. The van der Waals surface area contributed by atoms with Gasteiger partial charge in [-0.1, -0.05) is 51.1 Å². The third-order valence-electron chi connectivity index (χ3n) is 4.47. The summed E-state index contributed by atoms with van der Waals surface area (Å²) in [5.41, 5.74) is 2.24. The zero-order chi connectivity index (χ0) is 20.7. The summed E-state index contributed by atoms with van der Waals surface area (Å²) in [6, 6.07) is 17.6. The Bertz CT molecular complexity index is 913. The van der Waals surface area contributed by atoms with E-state index in [2.05, 4.69) is 48.4 Å². The van der Waals surface area contributed by atoms with E-state index >= 15 is 0 Å². The maximum atomic E-state index is 12.0. The first kappa shape index (κ1) is 20.6. The van der Waals surface area contributed by atoms with E-state index in [0.29, 0.717) is 31.4 Å². The number of carbonyl (C=O) groups is 1. The molecule has 2 aromatic carbocycles.